The van der Waals surface area contributed by atoms with Crippen molar-refractivity contribution in [1.29, 1.82) is 0 Å². The summed E-state index contributed by atoms with van der Waals surface area (Å²) in [5.41, 5.74) is 0.425. The summed E-state index contributed by atoms with van der Waals surface area (Å²) in [6.45, 7) is 2.07. The Labute approximate surface area is 140 Å². The van der Waals surface area contributed by atoms with Gasteiger partial charge in [0.2, 0.25) is 5.91 Å². The normalized spacial score (nSPS) is 23.1. The first kappa shape index (κ1) is 16.7. The van der Waals surface area contributed by atoms with Crippen LogP contribution in [0.4, 0.5) is 4.39 Å². The Kier molecular flexibility index (Phi) is 5.24. The third-order valence-corrected chi connectivity index (χ3v) is 5.90. The van der Waals surface area contributed by atoms with Crippen LogP contribution in [0.25, 0.3) is 0 Å². The lowest BCUT2D eigenvalue weighted by atomic mass is 9.78. The van der Waals surface area contributed by atoms with E-state index in [9.17, 15) is 9.18 Å². The van der Waals surface area contributed by atoms with E-state index in [-0.39, 0.29) is 17.8 Å². The zero-order valence-corrected chi connectivity index (χ0v) is 14.2. The zero-order chi connectivity index (χ0) is 16.3. The van der Waals surface area contributed by atoms with Crippen molar-refractivity contribution in [2.45, 2.75) is 30.2 Å². The van der Waals surface area contributed by atoms with Crippen molar-refractivity contribution in [3.05, 3.63) is 29.6 Å². The molecule has 126 valence electrons. The van der Waals surface area contributed by atoms with Crippen LogP contribution in [0.5, 0.6) is 0 Å². The highest BCUT2D eigenvalue weighted by molar-refractivity contribution is 7.99. The van der Waals surface area contributed by atoms with Crippen LogP contribution in [-0.4, -0.2) is 38.5 Å². The van der Waals surface area contributed by atoms with E-state index in [1.165, 1.54) is 6.07 Å². The van der Waals surface area contributed by atoms with Gasteiger partial charge in [-0.3, -0.25) is 4.79 Å². The Morgan fingerprint density at radius 2 is 2.26 bits per heavy atom. The summed E-state index contributed by atoms with van der Waals surface area (Å²) in [6.07, 6.45) is 2.36. The number of carbonyl (C=O) groups is 1. The Hall–Kier alpha value is -1.11. The van der Waals surface area contributed by atoms with Gasteiger partial charge in [0, 0.05) is 17.8 Å². The Bertz CT molecular complexity index is 570. The number of nitrogens with one attached hydrogen (secondary N) is 2. The number of fused-ring (bicyclic) bond motifs is 1. The third-order valence-electron chi connectivity index (χ3n) is 4.78. The first-order valence-corrected chi connectivity index (χ1v) is 9.06. The van der Waals surface area contributed by atoms with Crippen molar-refractivity contribution in [3.63, 3.8) is 0 Å². The number of rotatable bonds is 4. The van der Waals surface area contributed by atoms with E-state index in [0.29, 0.717) is 6.61 Å². The zero-order valence-electron chi connectivity index (χ0n) is 13.4. The minimum atomic E-state index is -0.474. The van der Waals surface area contributed by atoms with E-state index in [2.05, 4.69) is 10.6 Å². The van der Waals surface area contributed by atoms with E-state index in [4.69, 9.17) is 4.74 Å². The van der Waals surface area contributed by atoms with E-state index < -0.39 is 5.41 Å². The number of hydrogen-bond acceptors (Lipinski definition) is 4. The predicted octanol–water partition coefficient (Wildman–Crippen LogP) is 2.50. The molecule has 0 aromatic heterocycles. The SMILES string of the molecule is COCC1(C(=O)NC2CCSc3ccc(F)cc32)CCNCC1. The lowest BCUT2D eigenvalue weighted by Crippen LogP contribution is -2.51. The molecule has 1 aromatic rings. The van der Waals surface area contributed by atoms with Crippen molar-refractivity contribution >= 4 is 17.7 Å². The Morgan fingerprint density at radius 1 is 1.48 bits per heavy atom. The molecule has 3 rings (SSSR count). The van der Waals surface area contributed by atoms with Gasteiger partial charge in [-0.1, -0.05) is 0 Å². The maximum absolute atomic E-state index is 13.6. The quantitative estimate of drug-likeness (QED) is 0.886. The molecule has 4 nitrogen and oxygen atoms in total. The van der Waals surface area contributed by atoms with Gasteiger partial charge in [-0.2, -0.15) is 0 Å². The number of ether oxygens (including phenoxy) is 1. The monoisotopic (exact) mass is 338 g/mol. The smallest absolute Gasteiger partial charge is 0.229 e. The molecule has 1 aromatic carbocycles. The highest BCUT2D eigenvalue weighted by Crippen LogP contribution is 2.38. The maximum Gasteiger partial charge on any atom is 0.229 e. The molecule has 23 heavy (non-hydrogen) atoms. The minimum absolute atomic E-state index is 0.0351. The second-order valence-corrected chi connectivity index (χ2v) is 7.45. The average Bonchev–Trinajstić information content (AvgIpc) is 2.56. The van der Waals surface area contributed by atoms with Crippen LogP contribution in [0.3, 0.4) is 0 Å². The summed E-state index contributed by atoms with van der Waals surface area (Å²) in [5.74, 6) is 0.717. The standard InChI is InChI=1S/C17H23FN2O2S/c1-22-11-17(5-7-19-8-6-17)16(21)20-14-4-9-23-15-3-2-12(18)10-13(14)15/h2-3,10,14,19H,4-9,11H2,1H3,(H,20,21). The van der Waals surface area contributed by atoms with Crippen LogP contribution in [0.15, 0.2) is 23.1 Å². The lowest BCUT2D eigenvalue weighted by Gasteiger charge is -2.37. The lowest BCUT2D eigenvalue weighted by molar-refractivity contribution is -0.137. The largest absolute Gasteiger partial charge is 0.384 e. The van der Waals surface area contributed by atoms with E-state index >= 15 is 0 Å². The molecule has 0 saturated carbocycles. The number of hydrogen-bond donors (Lipinski definition) is 2. The van der Waals surface area contributed by atoms with Crippen molar-refractivity contribution in [2.75, 3.05) is 32.6 Å². The molecule has 1 amide bonds. The van der Waals surface area contributed by atoms with Gasteiger partial charge >= 0.3 is 0 Å². The molecular formula is C17H23FN2O2S. The predicted molar refractivity (Wildman–Crippen MR) is 89.0 cm³/mol. The van der Waals surface area contributed by atoms with Gasteiger partial charge in [0.1, 0.15) is 5.82 Å². The second-order valence-electron chi connectivity index (χ2n) is 6.31. The van der Waals surface area contributed by atoms with Crippen molar-refractivity contribution in [1.82, 2.24) is 10.6 Å². The molecule has 0 radical (unpaired) electrons. The number of benzene rings is 1. The van der Waals surface area contributed by atoms with Crippen LogP contribution in [0.2, 0.25) is 0 Å². The summed E-state index contributed by atoms with van der Waals surface area (Å²) in [4.78, 5) is 14.0. The number of amides is 1. The molecule has 1 atom stereocenters. The Balaban J connectivity index is 1.79. The summed E-state index contributed by atoms with van der Waals surface area (Å²) in [6, 6.07) is 4.73. The number of halogens is 1. The topological polar surface area (TPSA) is 50.4 Å². The van der Waals surface area contributed by atoms with Crippen molar-refractivity contribution in [2.24, 2.45) is 5.41 Å². The summed E-state index contributed by atoms with van der Waals surface area (Å²) in [5, 5.41) is 6.46. The van der Waals surface area contributed by atoms with E-state index in [1.807, 2.05) is 6.07 Å². The fraction of sp³-hybridized carbons (Fsp3) is 0.588. The van der Waals surface area contributed by atoms with Crippen LogP contribution in [0.1, 0.15) is 30.9 Å². The molecule has 1 unspecified atom stereocenters. The average molecular weight is 338 g/mol. The summed E-state index contributed by atoms with van der Waals surface area (Å²) >= 11 is 1.72. The Morgan fingerprint density at radius 3 is 3.00 bits per heavy atom. The van der Waals surface area contributed by atoms with Crippen LogP contribution >= 0.6 is 11.8 Å². The molecular weight excluding hydrogens is 315 g/mol. The first-order valence-electron chi connectivity index (χ1n) is 8.07. The van der Waals surface area contributed by atoms with Crippen molar-refractivity contribution in [3.8, 4) is 0 Å². The third kappa shape index (κ3) is 3.54. The highest BCUT2D eigenvalue weighted by Gasteiger charge is 2.41. The van der Waals surface area contributed by atoms with Gasteiger partial charge in [-0.05, 0) is 56.1 Å². The van der Waals surface area contributed by atoms with Crippen LogP contribution in [0, 0.1) is 11.2 Å². The molecule has 2 N–H and O–H groups in total. The van der Waals surface area contributed by atoms with Gasteiger partial charge in [0.15, 0.2) is 0 Å². The van der Waals surface area contributed by atoms with Gasteiger partial charge in [-0.25, -0.2) is 4.39 Å². The molecule has 6 heteroatoms. The maximum atomic E-state index is 13.6. The van der Waals surface area contributed by atoms with Gasteiger partial charge in [0.05, 0.1) is 18.1 Å². The van der Waals surface area contributed by atoms with Crippen molar-refractivity contribution < 1.29 is 13.9 Å². The molecule has 0 bridgehead atoms. The molecule has 2 heterocycles. The van der Waals surface area contributed by atoms with Crippen LogP contribution < -0.4 is 10.6 Å². The molecule has 2 aliphatic heterocycles. The van der Waals surface area contributed by atoms with Gasteiger partial charge < -0.3 is 15.4 Å². The van der Waals surface area contributed by atoms with Gasteiger partial charge in [-0.15, -0.1) is 11.8 Å². The van der Waals surface area contributed by atoms with Crippen LogP contribution in [-0.2, 0) is 9.53 Å². The minimum Gasteiger partial charge on any atom is -0.384 e. The fourth-order valence-electron chi connectivity index (χ4n) is 3.45. The molecule has 2 aliphatic rings. The van der Waals surface area contributed by atoms with E-state index in [1.54, 1.807) is 24.9 Å². The fourth-order valence-corrected chi connectivity index (χ4v) is 4.55. The second kappa shape index (κ2) is 7.20. The van der Waals surface area contributed by atoms with E-state index in [0.717, 1.165) is 48.6 Å². The highest BCUT2D eigenvalue weighted by atomic mass is 32.2. The number of thioether (sulfide) groups is 1. The van der Waals surface area contributed by atoms with Gasteiger partial charge in [0.25, 0.3) is 0 Å². The number of carbonyl (C=O) groups excluding carboxylic acids is 1. The molecule has 0 spiro atoms. The number of piperidine rings is 1. The molecule has 1 fully saturated rings. The summed E-state index contributed by atoms with van der Waals surface area (Å²) < 4.78 is 18.9. The summed E-state index contributed by atoms with van der Waals surface area (Å²) in [7, 11) is 1.64. The molecule has 1 saturated heterocycles. The first-order chi connectivity index (χ1) is 11.1. The number of methoxy groups -OCH3 is 1. The molecule has 0 aliphatic carbocycles.